The van der Waals surface area contributed by atoms with Gasteiger partial charge in [0.05, 0.1) is 11.1 Å². The molecule has 0 aliphatic heterocycles. The number of aliphatic hydroxyl groups is 1. The first-order valence-corrected chi connectivity index (χ1v) is 8.15. The normalized spacial score (nSPS) is 24.4. The van der Waals surface area contributed by atoms with E-state index < -0.39 is 22.2 Å². The van der Waals surface area contributed by atoms with Gasteiger partial charge in [-0.15, -0.1) is 0 Å². The van der Waals surface area contributed by atoms with Crippen molar-refractivity contribution in [3.05, 3.63) is 22.4 Å². The maximum absolute atomic E-state index is 12.1. The van der Waals surface area contributed by atoms with Crippen LogP contribution in [0.2, 0.25) is 10.2 Å². The van der Waals surface area contributed by atoms with Crippen LogP contribution in [0, 0.1) is 0 Å². The zero-order chi connectivity index (χ0) is 14.0. The van der Waals surface area contributed by atoms with Crippen molar-refractivity contribution in [1.82, 2.24) is 9.71 Å². The Balaban J connectivity index is 2.19. The zero-order valence-electron chi connectivity index (χ0n) is 10.0. The summed E-state index contributed by atoms with van der Waals surface area (Å²) in [5, 5.41) is 9.92. The molecule has 106 valence electrons. The second-order valence-corrected chi connectivity index (χ2v) is 7.00. The number of nitrogens with one attached hydrogen (secondary N) is 1. The molecule has 2 unspecified atom stereocenters. The van der Waals surface area contributed by atoms with Gasteiger partial charge in [0.2, 0.25) is 10.0 Å². The highest BCUT2D eigenvalue weighted by Crippen LogP contribution is 2.24. The third-order valence-corrected chi connectivity index (χ3v) is 5.26. The first-order valence-electron chi connectivity index (χ1n) is 5.91. The molecule has 1 aromatic rings. The number of halogens is 2. The summed E-state index contributed by atoms with van der Waals surface area (Å²) in [6.45, 7) is 0. The van der Waals surface area contributed by atoms with Gasteiger partial charge >= 0.3 is 0 Å². The number of pyridine rings is 1. The van der Waals surface area contributed by atoms with Crippen LogP contribution in [0.15, 0.2) is 17.2 Å². The van der Waals surface area contributed by atoms with Crippen molar-refractivity contribution in [3.63, 3.8) is 0 Å². The molecule has 2 atom stereocenters. The molecule has 0 amide bonds. The van der Waals surface area contributed by atoms with E-state index in [4.69, 9.17) is 23.2 Å². The van der Waals surface area contributed by atoms with Gasteiger partial charge in [-0.1, -0.05) is 36.0 Å². The Hall–Kier alpha value is -0.400. The molecule has 2 rings (SSSR count). The van der Waals surface area contributed by atoms with E-state index in [9.17, 15) is 13.5 Å². The van der Waals surface area contributed by atoms with Gasteiger partial charge in [-0.05, 0) is 18.9 Å². The molecule has 1 heterocycles. The number of aliphatic hydroxyl groups excluding tert-OH is 1. The SMILES string of the molecule is O=S(=O)(NC1CCCCC1O)c1cnc(Cl)c(Cl)c1. The fourth-order valence-electron chi connectivity index (χ4n) is 2.07. The summed E-state index contributed by atoms with van der Waals surface area (Å²) in [6, 6.07) is 0.780. The Kier molecular flexibility index (Phi) is 4.68. The molecule has 19 heavy (non-hydrogen) atoms. The van der Waals surface area contributed by atoms with E-state index >= 15 is 0 Å². The average Bonchev–Trinajstić information content (AvgIpc) is 2.35. The molecule has 2 N–H and O–H groups in total. The van der Waals surface area contributed by atoms with Gasteiger partial charge in [0, 0.05) is 12.2 Å². The number of nitrogens with zero attached hydrogens (tertiary/aromatic N) is 1. The summed E-state index contributed by atoms with van der Waals surface area (Å²) >= 11 is 11.4. The molecule has 1 aromatic heterocycles. The molecule has 5 nitrogen and oxygen atoms in total. The molecule has 1 saturated carbocycles. The fraction of sp³-hybridized carbons (Fsp3) is 0.545. The van der Waals surface area contributed by atoms with E-state index in [1.54, 1.807) is 0 Å². The van der Waals surface area contributed by atoms with Crippen molar-refractivity contribution in [2.75, 3.05) is 0 Å². The Morgan fingerprint density at radius 1 is 1.32 bits per heavy atom. The topological polar surface area (TPSA) is 79.3 Å². The van der Waals surface area contributed by atoms with Crippen LogP contribution in [0.5, 0.6) is 0 Å². The minimum absolute atomic E-state index is 0.0540. The molecule has 0 saturated heterocycles. The second-order valence-electron chi connectivity index (χ2n) is 4.52. The van der Waals surface area contributed by atoms with Crippen molar-refractivity contribution in [1.29, 1.82) is 0 Å². The Bertz CT molecular complexity index is 565. The molecule has 8 heteroatoms. The van der Waals surface area contributed by atoms with Crippen LogP contribution in [-0.2, 0) is 10.0 Å². The van der Waals surface area contributed by atoms with Crippen LogP contribution in [0.4, 0.5) is 0 Å². The van der Waals surface area contributed by atoms with Crippen LogP contribution >= 0.6 is 23.2 Å². The molecule has 0 aromatic carbocycles. The summed E-state index contributed by atoms with van der Waals surface area (Å²) < 4.78 is 26.8. The smallest absolute Gasteiger partial charge is 0.242 e. The molecule has 0 spiro atoms. The Morgan fingerprint density at radius 3 is 2.63 bits per heavy atom. The predicted molar refractivity (Wildman–Crippen MR) is 72.8 cm³/mol. The maximum Gasteiger partial charge on any atom is 0.242 e. The minimum Gasteiger partial charge on any atom is -0.391 e. The van der Waals surface area contributed by atoms with Crippen LogP contribution in [-0.4, -0.2) is 30.7 Å². The summed E-state index contributed by atoms with van der Waals surface area (Å²) in [5.74, 6) is 0. The van der Waals surface area contributed by atoms with Crippen molar-refractivity contribution >= 4 is 33.2 Å². The van der Waals surface area contributed by atoms with Gasteiger partial charge < -0.3 is 5.11 Å². The fourth-order valence-corrected chi connectivity index (χ4v) is 3.68. The van der Waals surface area contributed by atoms with E-state index in [0.717, 1.165) is 19.0 Å². The highest BCUT2D eigenvalue weighted by atomic mass is 35.5. The lowest BCUT2D eigenvalue weighted by atomic mass is 9.93. The third-order valence-electron chi connectivity index (χ3n) is 3.12. The number of sulfonamides is 1. The Labute approximate surface area is 122 Å². The van der Waals surface area contributed by atoms with Crippen LogP contribution in [0.25, 0.3) is 0 Å². The van der Waals surface area contributed by atoms with Crippen LogP contribution < -0.4 is 4.72 Å². The predicted octanol–water partition coefficient (Wildman–Crippen LogP) is 1.97. The van der Waals surface area contributed by atoms with E-state index in [-0.39, 0.29) is 15.1 Å². The molecule has 1 fully saturated rings. The molecular formula is C11H14Cl2N2O3S. The lowest BCUT2D eigenvalue weighted by molar-refractivity contribution is 0.101. The van der Waals surface area contributed by atoms with Gasteiger partial charge in [0.15, 0.2) is 0 Å². The summed E-state index contributed by atoms with van der Waals surface area (Å²) in [5.41, 5.74) is 0. The Morgan fingerprint density at radius 2 is 2.00 bits per heavy atom. The average molecular weight is 325 g/mol. The quantitative estimate of drug-likeness (QED) is 0.833. The monoisotopic (exact) mass is 324 g/mol. The standard InChI is InChI=1S/C11H14Cl2N2O3S/c12-8-5-7(6-14-11(8)13)19(17,18)15-9-3-1-2-4-10(9)16/h5-6,9-10,15-16H,1-4H2. The van der Waals surface area contributed by atoms with Gasteiger partial charge in [-0.25, -0.2) is 18.1 Å². The van der Waals surface area contributed by atoms with Crippen molar-refractivity contribution in [2.45, 2.75) is 42.7 Å². The van der Waals surface area contributed by atoms with Crippen molar-refractivity contribution < 1.29 is 13.5 Å². The van der Waals surface area contributed by atoms with E-state index in [2.05, 4.69) is 9.71 Å². The molecule has 0 radical (unpaired) electrons. The second kappa shape index (κ2) is 5.93. The largest absolute Gasteiger partial charge is 0.391 e. The van der Waals surface area contributed by atoms with Crippen molar-refractivity contribution in [3.8, 4) is 0 Å². The van der Waals surface area contributed by atoms with Crippen LogP contribution in [0.1, 0.15) is 25.7 Å². The van der Waals surface area contributed by atoms with E-state index in [1.165, 1.54) is 6.07 Å². The number of hydrogen-bond acceptors (Lipinski definition) is 4. The van der Waals surface area contributed by atoms with Crippen molar-refractivity contribution in [2.24, 2.45) is 0 Å². The maximum atomic E-state index is 12.1. The highest BCUT2D eigenvalue weighted by Gasteiger charge is 2.28. The van der Waals surface area contributed by atoms with Gasteiger partial charge in [0.1, 0.15) is 10.0 Å². The molecule has 0 bridgehead atoms. The minimum atomic E-state index is -3.75. The van der Waals surface area contributed by atoms with E-state index in [0.29, 0.717) is 12.8 Å². The summed E-state index contributed by atoms with van der Waals surface area (Å²) in [6.07, 6.45) is 3.52. The molecular weight excluding hydrogens is 311 g/mol. The van der Waals surface area contributed by atoms with Gasteiger partial charge in [-0.3, -0.25) is 0 Å². The number of hydrogen-bond donors (Lipinski definition) is 2. The lowest BCUT2D eigenvalue weighted by Crippen LogP contribution is -2.44. The third kappa shape index (κ3) is 3.58. The first-order chi connectivity index (χ1) is 8.90. The number of rotatable bonds is 3. The van der Waals surface area contributed by atoms with Gasteiger partial charge in [-0.2, -0.15) is 0 Å². The molecule has 1 aliphatic rings. The summed E-state index contributed by atoms with van der Waals surface area (Å²) in [7, 11) is -3.75. The molecule has 1 aliphatic carbocycles. The lowest BCUT2D eigenvalue weighted by Gasteiger charge is -2.28. The van der Waals surface area contributed by atoms with Gasteiger partial charge in [0.25, 0.3) is 0 Å². The van der Waals surface area contributed by atoms with E-state index in [1.807, 2.05) is 0 Å². The van der Waals surface area contributed by atoms with Crippen LogP contribution in [0.3, 0.4) is 0 Å². The summed E-state index contributed by atoms with van der Waals surface area (Å²) in [4.78, 5) is 3.65. The first kappa shape index (κ1) is 15.0. The zero-order valence-corrected chi connectivity index (χ0v) is 12.3. The highest BCUT2D eigenvalue weighted by molar-refractivity contribution is 7.89. The number of aromatic nitrogens is 1.